The van der Waals surface area contributed by atoms with Crippen molar-refractivity contribution in [3.8, 4) is 0 Å². The largest absolute Gasteiger partial charge is 0.463 e. The summed E-state index contributed by atoms with van der Waals surface area (Å²) in [6.45, 7) is 9.08. The predicted molar refractivity (Wildman–Crippen MR) is 99.0 cm³/mol. The van der Waals surface area contributed by atoms with Gasteiger partial charge in [-0.25, -0.2) is 4.79 Å². The van der Waals surface area contributed by atoms with Gasteiger partial charge in [-0.2, -0.15) is 0 Å². The second kappa shape index (κ2) is 13.4. The van der Waals surface area contributed by atoms with Crippen molar-refractivity contribution in [3.63, 3.8) is 0 Å². The van der Waals surface area contributed by atoms with Gasteiger partial charge in [0.2, 0.25) is 0 Å². The molecule has 1 N–H and O–H groups in total. The number of carbonyl (C=O) groups excluding carboxylic acids is 2. The fraction of sp³-hybridized carbons (Fsp3) is 0.600. The van der Waals surface area contributed by atoms with Crippen LogP contribution in [-0.2, 0) is 19.1 Å². The van der Waals surface area contributed by atoms with Gasteiger partial charge in [-0.05, 0) is 53.4 Å². The zero-order chi connectivity index (χ0) is 19.2. The molecule has 142 valence electrons. The maximum Gasteiger partial charge on any atom is 0.330 e. The summed E-state index contributed by atoms with van der Waals surface area (Å²) >= 11 is 0. The topological polar surface area (TPSA) is 72.8 Å². The van der Waals surface area contributed by atoms with Gasteiger partial charge in [0.05, 0.1) is 0 Å². The van der Waals surface area contributed by atoms with Crippen molar-refractivity contribution in [1.29, 1.82) is 0 Å². The molecule has 1 unspecified atom stereocenters. The molecule has 0 rings (SSSR count). The minimum atomic E-state index is -1.01. The van der Waals surface area contributed by atoms with Crippen LogP contribution < -0.4 is 0 Å². The molecule has 25 heavy (non-hydrogen) atoms. The van der Waals surface area contributed by atoms with Gasteiger partial charge in [0.25, 0.3) is 0 Å². The number of esters is 2. The van der Waals surface area contributed by atoms with Gasteiger partial charge in [0, 0.05) is 13.0 Å². The van der Waals surface area contributed by atoms with Crippen LogP contribution >= 0.6 is 0 Å². The number of aliphatic hydroxyl groups excluding tert-OH is 1. The summed E-state index contributed by atoms with van der Waals surface area (Å²) in [4.78, 5) is 22.3. The standard InChI is InChI=1S/C20H32O5/c1-15(2)8-6-9-16(3)10-7-11-17(4)12-20(23)25-14-19(22)13-24-18(5)21/h8,10,12,19,22H,6-7,9,11,13-14H2,1-5H3. The molecule has 1 atom stereocenters. The predicted octanol–water partition coefficient (Wildman–Crippen LogP) is 3.87. The Balaban J connectivity index is 4.07. The van der Waals surface area contributed by atoms with Crippen LogP contribution in [0.15, 0.2) is 34.9 Å². The third-order valence-corrected chi connectivity index (χ3v) is 3.38. The molecular weight excluding hydrogens is 320 g/mol. The highest BCUT2D eigenvalue weighted by Gasteiger charge is 2.09. The van der Waals surface area contributed by atoms with E-state index in [9.17, 15) is 14.7 Å². The second-order valence-electron chi connectivity index (χ2n) is 6.49. The Kier molecular flexibility index (Phi) is 12.4. The fourth-order valence-corrected chi connectivity index (χ4v) is 1.99. The summed E-state index contributed by atoms with van der Waals surface area (Å²) in [6.07, 6.45) is 8.63. The lowest BCUT2D eigenvalue weighted by atomic mass is 10.1. The van der Waals surface area contributed by atoms with Crippen LogP contribution in [0.1, 0.15) is 60.3 Å². The summed E-state index contributed by atoms with van der Waals surface area (Å²) in [5.74, 6) is -0.978. The van der Waals surface area contributed by atoms with E-state index < -0.39 is 18.0 Å². The molecular formula is C20H32O5. The Morgan fingerprint density at radius 2 is 1.44 bits per heavy atom. The zero-order valence-corrected chi connectivity index (χ0v) is 16.1. The van der Waals surface area contributed by atoms with Crippen molar-refractivity contribution in [2.45, 2.75) is 66.4 Å². The van der Waals surface area contributed by atoms with Crippen molar-refractivity contribution in [2.24, 2.45) is 0 Å². The highest BCUT2D eigenvalue weighted by Crippen LogP contribution is 2.11. The second-order valence-corrected chi connectivity index (χ2v) is 6.49. The number of allylic oxidation sites excluding steroid dienone is 5. The van der Waals surface area contributed by atoms with Crippen LogP contribution in [0, 0.1) is 0 Å². The molecule has 0 amide bonds. The highest BCUT2D eigenvalue weighted by molar-refractivity contribution is 5.82. The van der Waals surface area contributed by atoms with E-state index in [1.807, 2.05) is 6.92 Å². The third kappa shape index (κ3) is 15.4. The molecule has 0 aromatic carbocycles. The lowest BCUT2D eigenvalue weighted by molar-refractivity contribution is -0.148. The average molecular weight is 352 g/mol. The summed E-state index contributed by atoms with van der Waals surface area (Å²) in [6, 6.07) is 0. The number of aliphatic hydroxyl groups is 1. The highest BCUT2D eigenvalue weighted by atomic mass is 16.6. The van der Waals surface area contributed by atoms with Crippen molar-refractivity contribution < 1.29 is 24.2 Å². The number of hydrogen-bond donors (Lipinski definition) is 1. The number of carbonyl (C=O) groups is 2. The number of hydrogen-bond acceptors (Lipinski definition) is 5. The van der Waals surface area contributed by atoms with Gasteiger partial charge < -0.3 is 14.6 Å². The molecule has 0 heterocycles. The van der Waals surface area contributed by atoms with E-state index in [0.29, 0.717) is 0 Å². The minimum absolute atomic E-state index is 0.178. The molecule has 5 heteroatoms. The van der Waals surface area contributed by atoms with Crippen molar-refractivity contribution >= 4 is 11.9 Å². The van der Waals surface area contributed by atoms with E-state index in [1.54, 1.807) is 0 Å². The first kappa shape index (κ1) is 23.1. The molecule has 0 aliphatic rings. The van der Waals surface area contributed by atoms with Gasteiger partial charge >= 0.3 is 11.9 Å². The monoisotopic (exact) mass is 352 g/mol. The molecule has 5 nitrogen and oxygen atoms in total. The van der Waals surface area contributed by atoms with E-state index >= 15 is 0 Å². The first-order chi connectivity index (χ1) is 11.7. The fourth-order valence-electron chi connectivity index (χ4n) is 1.99. The third-order valence-electron chi connectivity index (χ3n) is 3.38. The molecule has 0 spiro atoms. The van der Waals surface area contributed by atoms with Gasteiger partial charge in [0.1, 0.15) is 19.3 Å². The Morgan fingerprint density at radius 1 is 0.880 bits per heavy atom. The SMILES string of the molecule is CC(=O)OCC(O)COC(=O)C=C(C)CCC=C(C)CCC=C(C)C. The molecule has 0 saturated carbocycles. The molecule has 0 aromatic heterocycles. The van der Waals surface area contributed by atoms with Gasteiger partial charge in [0.15, 0.2) is 0 Å². The Bertz CT molecular complexity index is 510. The first-order valence-electron chi connectivity index (χ1n) is 8.65. The maximum atomic E-state index is 11.7. The van der Waals surface area contributed by atoms with E-state index in [4.69, 9.17) is 4.74 Å². The summed E-state index contributed by atoms with van der Waals surface area (Å²) in [5, 5.41) is 9.50. The van der Waals surface area contributed by atoms with Crippen LogP contribution in [0.5, 0.6) is 0 Å². The van der Waals surface area contributed by atoms with Crippen molar-refractivity contribution in [2.75, 3.05) is 13.2 Å². The maximum absolute atomic E-state index is 11.7. The average Bonchev–Trinajstić information content (AvgIpc) is 2.50. The first-order valence-corrected chi connectivity index (χ1v) is 8.65. The van der Waals surface area contributed by atoms with Crippen molar-refractivity contribution in [1.82, 2.24) is 0 Å². The number of ether oxygens (including phenoxy) is 2. The zero-order valence-electron chi connectivity index (χ0n) is 16.1. The van der Waals surface area contributed by atoms with E-state index in [-0.39, 0.29) is 13.2 Å². The normalized spacial score (nSPS) is 13.2. The molecule has 0 bridgehead atoms. The van der Waals surface area contributed by atoms with Crippen LogP contribution in [0.2, 0.25) is 0 Å². The summed E-state index contributed by atoms with van der Waals surface area (Å²) < 4.78 is 9.56. The van der Waals surface area contributed by atoms with Crippen LogP contribution in [0.25, 0.3) is 0 Å². The quantitative estimate of drug-likeness (QED) is 0.347. The summed E-state index contributed by atoms with van der Waals surface area (Å²) in [5.41, 5.74) is 3.61. The Morgan fingerprint density at radius 3 is 2.04 bits per heavy atom. The Labute approximate surface area is 151 Å². The van der Waals surface area contributed by atoms with Gasteiger partial charge in [-0.3, -0.25) is 4.79 Å². The van der Waals surface area contributed by atoms with Crippen molar-refractivity contribution in [3.05, 3.63) is 34.9 Å². The van der Waals surface area contributed by atoms with E-state index in [0.717, 1.165) is 31.3 Å². The minimum Gasteiger partial charge on any atom is -0.463 e. The molecule has 0 aliphatic heterocycles. The molecule has 0 aromatic rings. The van der Waals surface area contributed by atoms with Gasteiger partial charge in [-0.15, -0.1) is 0 Å². The van der Waals surface area contributed by atoms with Crippen LogP contribution in [0.3, 0.4) is 0 Å². The summed E-state index contributed by atoms with van der Waals surface area (Å²) in [7, 11) is 0. The lowest BCUT2D eigenvalue weighted by Crippen LogP contribution is -2.24. The molecule has 0 radical (unpaired) electrons. The van der Waals surface area contributed by atoms with Crippen LogP contribution in [0.4, 0.5) is 0 Å². The van der Waals surface area contributed by atoms with Gasteiger partial charge in [-0.1, -0.05) is 28.9 Å². The smallest absolute Gasteiger partial charge is 0.330 e. The Hall–Kier alpha value is -1.88. The molecule has 0 fully saturated rings. The molecule has 0 saturated heterocycles. The molecule has 0 aliphatic carbocycles. The van der Waals surface area contributed by atoms with Crippen LogP contribution in [-0.4, -0.2) is 36.4 Å². The van der Waals surface area contributed by atoms with E-state index in [2.05, 4.69) is 37.7 Å². The lowest BCUT2D eigenvalue weighted by Gasteiger charge is -2.10. The van der Waals surface area contributed by atoms with E-state index in [1.165, 1.54) is 24.1 Å². The number of rotatable bonds is 11.